The van der Waals surface area contributed by atoms with E-state index in [1.807, 2.05) is 6.07 Å². The molecule has 1 aromatic heterocycles. The number of hydrogen-bond acceptors (Lipinski definition) is 3. The van der Waals surface area contributed by atoms with E-state index in [0.717, 1.165) is 5.69 Å². The van der Waals surface area contributed by atoms with Crippen LogP contribution < -0.4 is 0 Å². The molecule has 0 unspecified atom stereocenters. The molecule has 0 saturated carbocycles. The lowest BCUT2D eigenvalue weighted by Crippen LogP contribution is -1.78. The fourth-order valence-electron chi connectivity index (χ4n) is 0.555. The molecule has 4 heteroatoms. The molecule has 2 N–H and O–H groups in total. The lowest BCUT2D eigenvalue weighted by molar-refractivity contribution is 1.08. The maximum atomic E-state index is 6.65. The highest BCUT2D eigenvalue weighted by atomic mass is 15.1. The molecule has 0 aromatic carbocycles. The first kappa shape index (κ1) is 7.40. The van der Waals surface area contributed by atoms with Crippen LogP contribution in [0.5, 0.6) is 0 Å². The van der Waals surface area contributed by atoms with Gasteiger partial charge in [-0.05, 0) is 12.1 Å². The lowest BCUT2D eigenvalue weighted by Gasteiger charge is -1.78. The highest BCUT2D eigenvalue weighted by Crippen LogP contribution is 1.85. The van der Waals surface area contributed by atoms with Crippen LogP contribution in [0.1, 0.15) is 5.69 Å². The summed E-state index contributed by atoms with van der Waals surface area (Å²) in [6.45, 7) is 0. The molecule has 11 heavy (non-hydrogen) atoms. The van der Waals surface area contributed by atoms with E-state index < -0.39 is 0 Å². The van der Waals surface area contributed by atoms with E-state index in [4.69, 9.17) is 5.41 Å². The van der Waals surface area contributed by atoms with Crippen LogP contribution in [0.15, 0.2) is 29.5 Å². The fourth-order valence-corrected chi connectivity index (χ4v) is 0.555. The molecule has 0 fully saturated rings. The van der Waals surface area contributed by atoms with Gasteiger partial charge >= 0.3 is 0 Å². The largest absolute Gasteiger partial charge is 0.309 e. The molecular weight excluding hydrogens is 140 g/mol. The van der Waals surface area contributed by atoms with Crippen molar-refractivity contribution in [2.24, 2.45) is 4.99 Å². The van der Waals surface area contributed by atoms with E-state index in [0.29, 0.717) is 0 Å². The van der Waals surface area contributed by atoms with E-state index in [-0.39, 0.29) is 0 Å². The third kappa shape index (κ3) is 2.57. The molecule has 4 nitrogen and oxygen atoms in total. The van der Waals surface area contributed by atoms with E-state index in [1.165, 1.54) is 18.5 Å². The maximum absolute atomic E-state index is 6.65. The maximum Gasteiger partial charge on any atom is 0.0760 e. The van der Waals surface area contributed by atoms with Crippen molar-refractivity contribution in [1.82, 2.24) is 10.2 Å². The zero-order valence-electron chi connectivity index (χ0n) is 5.86. The third-order valence-electron chi connectivity index (χ3n) is 1.00. The first-order valence-electron chi connectivity index (χ1n) is 3.11. The van der Waals surface area contributed by atoms with Gasteiger partial charge in [-0.25, -0.2) is 0 Å². The molecule has 0 aliphatic carbocycles. The van der Waals surface area contributed by atoms with Gasteiger partial charge in [-0.2, -0.15) is 5.10 Å². The fraction of sp³-hybridized carbons (Fsp3) is 0. The number of aromatic amines is 1. The van der Waals surface area contributed by atoms with Crippen LogP contribution in [0.4, 0.5) is 0 Å². The smallest absolute Gasteiger partial charge is 0.0760 e. The van der Waals surface area contributed by atoms with Crippen molar-refractivity contribution in [3.05, 3.63) is 30.2 Å². The van der Waals surface area contributed by atoms with E-state index in [9.17, 15) is 0 Å². The molecule has 0 atom stereocenters. The number of aliphatic imine (C=N–C) groups is 1. The second-order valence-corrected chi connectivity index (χ2v) is 1.80. The summed E-state index contributed by atoms with van der Waals surface area (Å²) in [5.74, 6) is 0. The summed E-state index contributed by atoms with van der Waals surface area (Å²) in [4.78, 5) is 3.88. The molecule has 0 amide bonds. The minimum absolute atomic E-state index is 0.847. The van der Waals surface area contributed by atoms with Gasteiger partial charge in [0.15, 0.2) is 0 Å². The average molecular weight is 148 g/mol. The number of allylic oxidation sites excluding steroid dienone is 1. The van der Waals surface area contributed by atoms with Crippen LogP contribution in [0.3, 0.4) is 0 Å². The SMILES string of the molecule is N=C/C=C\N=Cc1ccn[nH]1. The summed E-state index contributed by atoms with van der Waals surface area (Å²) in [6, 6.07) is 1.81. The zero-order chi connectivity index (χ0) is 7.94. The van der Waals surface area contributed by atoms with Crippen molar-refractivity contribution >= 4 is 12.4 Å². The van der Waals surface area contributed by atoms with Gasteiger partial charge in [0.05, 0.1) is 11.9 Å². The Labute approximate surface area is 64.2 Å². The molecule has 1 rings (SSSR count). The Balaban J connectivity index is 2.49. The number of H-pyrrole nitrogens is 1. The van der Waals surface area contributed by atoms with Gasteiger partial charge in [0.2, 0.25) is 0 Å². The summed E-state index contributed by atoms with van der Waals surface area (Å²) in [7, 11) is 0. The molecule has 0 saturated heterocycles. The molecule has 0 aliphatic rings. The molecule has 0 bridgehead atoms. The molecule has 1 aromatic rings. The van der Waals surface area contributed by atoms with Crippen molar-refractivity contribution in [3.8, 4) is 0 Å². The zero-order valence-corrected chi connectivity index (χ0v) is 5.86. The average Bonchev–Trinajstić information content (AvgIpc) is 2.50. The van der Waals surface area contributed by atoms with Gasteiger partial charge in [-0.3, -0.25) is 10.1 Å². The van der Waals surface area contributed by atoms with Crippen LogP contribution in [0.25, 0.3) is 0 Å². The summed E-state index contributed by atoms with van der Waals surface area (Å²) in [5.41, 5.74) is 0.847. The second-order valence-electron chi connectivity index (χ2n) is 1.80. The number of hydrogen-bond donors (Lipinski definition) is 2. The van der Waals surface area contributed by atoms with Crippen molar-refractivity contribution in [3.63, 3.8) is 0 Å². The van der Waals surface area contributed by atoms with E-state index in [1.54, 1.807) is 12.4 Å². The Hall–Kier alpha value is -1.71. The highest BCUT2D eigenvalue weighted by Gasteiger charge is 1.82. The molecule has 56 valence electrons. The van der Waals surface area contributed by atoms with Crippen LogP contribution in [0.2, 0.25) is 0 Å². The van der Waals surface area contributed by atoms with Gasteiger partial charge in [-0.1, -0.05) is 0 Å². The number of nitrogens with one attached hydrogen (secondary N) is 2. The molecule has 0 radical (unpaired) electrons. The molecule has 0 spiro atoms. The quantitative estimate of drug-likeness (QED) is 0.617. The van der Waals surface area contributed by atoms with Crippen molar-refractivity contribution in [1.29, 1.82) is 5.41 Å². The predicted molar refractivity (Wildman–Crippen MR) is 44.1 cm³/mol. The summed E-state index contributed by atoms with van der Waals surface area (Å²) < 4.78 is 0. The van der Waals surface area contributed by atoms with Crippen molar-refractivity contribution in [2.75, 3.05) is 0 Å². The Bertz CT molecular complexity index is 258. The Kier molecular flexibility index (Phi) is 2.80. The van der Waals surface area contributed by atoms with Crippen molar-refractivity contribution in [2.45, 2.75) is 0 Å². The summed E-state index contributed by atoms with van der Waals surface area (Å²) in [5, 5.41) is 13.1. The minimum Gasteiger partial charge on any atom is -0.309 e. The lowest BCUT2D eigenvalue weighted by atomic mass is 10.5. The third-order valence-corrected chi connectivity index (χ3v) is 1.00. The second kappa shape index (κ2) is 4.16. The van der Waals surface area contributed by atoms with Gasteiger partial charge in [-0.15, -0.1) is 0 Å². The molecule has 1 heterocycles. The first-order chi connectivity index (χ1) is 5.43. The minimum atomic E-state index is 0.847. The standard InChI is InChI=1S/C7H8N4/c8-3-1-4-9-6-7-2-5-10-11-7/h1-6,8H,(H,10,11)/b4-1-,8-3?,9-6?. The first-order valence-corrected chi connectivity index (χ1v) is 3.11. The molecule has 0 aliphatic heterocycles. The number of aromatic nitrogens is 2. The van der Waals surface area contributed by atoms with Crippen LogP contribution in [-0.4, -0.2) is 22.6 Å². The summed E-state index contributed by atoms with van der Waals surface area (Å²) in [6.07, 6.45) is 7.53. The Morgan fingerprint density at radius 1 is 1.64 bits per heavy atom. The van der Waals surface area contributed by atoms with Crippen molar-refractivity contribution < 1.29 is 0 Å². The molecular formula is C7H8N4. The Morgan fingerprint density at radius 2 is 2.55 bits per heavy atom. The highest BCUT2D eigenvalue weighted by molar-refractivity contribution is 5.77. The monoisotopic (exact) mass is 148 g/mol. The van der Waals surface area contributed by atoms with Gasteiger partial charge in [0.25, 0.3) is 0 Å². The van der Waals surface area contributed by atoms with Crippen LogP contribution in [-0.2, 0) is 0 Å². The number of nitrogens with zero attached hydrogens (tertiary/aromatic N) is 2. The van der Waals surface area contributed by atoms with Gasteiger partial charge in [0, 0.05) is 18.6 Å². The number of rotatable bonds is 3. The normalized spacial score (nSPS) is 11.3. The van der Waals surface area contributed by atoms with Gasteiger partial charge in [0.1, 0.15) is 0 Å². The van der Waals surface area contributed by atoms with Gasteiger partial charge < -0.3 is 5.41 Å². The summed E-state index contributed by atoms with van der Waals surface area (Å²) >= 11 is 0. The predicted octanol–water partition coefficient (Wildman–Crippen LogP) is 0.992. The van der Waals surface area contributed by atoms with Crippen LogP contribution >= 0.6 is 0 Å². The topological polar surface area (TPSA) is 64.9 Å². The van der Waals surface area contributed by atoms with E-state index in [2.05, 4.69) is 15.2 Å². The Morgan fingerprint density at radius 3 is 3.18 bits per heavy atom. The van der Waals surface area contributed by atoms with Crippen LogP contribution in [0, 0.1) is 5.41 Å². The van der Waals surface area contributed by atoms with E-state index >= 15 is 0 Å².